The number of aromatic amines is 1. The van der Waals surface area contributed by atoms with Crippen LogP contribution in [-0.2, 0) is 0 Å². The van der Waals surface area contributed by atoms with Gasteiger partial charge in [-0.15, -0.1) is 0 Å². The number of nitrogens with one attached hydrogen (secondary N) is 2. The Hall–Kier alpha value is -2.56. The summed E-state index contributed by atoms with van der Waals surface area (Å²) in [6.45, 7) is 3.89. The highest BCUT2D eigenvalue weighted by atomic mass is 16.5. The summed E-state index contributed by atoms with van der Waals surface area (Å²) in [7, 11) is 1.66. The number of nitrogens with zero attached hydrogens (tertiary/aromatic N) is 2. The molecular formula is C15H16N4O. The van der Waals surface area contributed by atoms with Crippen molar-refractivity contribution in [2.24, 2.45) is 0 Å². The Morgan fingerprint density at radius 2 is 1.85 bits per heavy atom. The quantitative estimate of drug-likeness (QED) is 0.764. The van der Waals surface area contributed by atoms with Gasteiger partial charge in [0.05, 0.1) is 12.5 Å². The summed E-state index contributed by atoms with van der Waals surface area (Å²) in [4.78, 5) is 12.1. The van der Waals surface area contributed by atoms with E-state index in [0.29, 0.717) is 0 Å². The number of methoxy groups -OCH3 is 1. The van der Waals surface area contributed by atoms with Crippen LogP contribution in [0.3, 0.4) is 0 Å². The zero-order chi connectivity index (χ0) is 14.1. The third-order valence-electron chi connectivity index (χ3n) is 3.09. The maximum Gasteiger partial charge on any atom is 0.143 e. The Labute approximate surface area is 117 Å². The average Bonchev–Trinajstić information content (AvgIpc) is 2.80. The van der Waals surface area contributed by atoms with Gasteiger partial charge in [0.2, 0.25) is 0 Å². The summed E-state index contributed by atoms with van der Waals surface area (Å²) in [5, 5.41) is 4.32. The molecule has 0 saturated carbocycles. The molecule has 102 valence electrons. The van der Waals surface area contributed by atoms with Crippen LogP contribution < -0.4 is 10.1 Å². The van der Waals surface area contributed by atoms with E-state index in [-0.39, 0.29) is 0 Å². The minimum Gasteiger partial charge on any atom is -0.497 e. The Balaban J connectivity index is 2.00. The Kier molecular flexibility index (Phi) is 3.02. The van der Waals surface area contributed by atoms with Gasteiger partial charge in [-0.2, -0.15) is 0 Å². The van der Waals surface area contributed by atoms with Gasteiger partial charge in [0.25, 0.3) is 0 Å². The molecule has 0 fully saturated rings. The van der Waals surface area contributed by atoms with Crippen molar-refractivity contribution in [2.45, 2.75) is 13.8 Å². The van der Waals surface area contributed by atoms with E-state index in [2.05, 4.69) is 20.3 Å². The normalized spacial score (nSPS) is 10.8. The zero-order valence-corrected chi connectivity index (χ0v) is 11.7. The molecule has 0 aliphatic heterocycles. The molecule has 3 aromatic rings. The largest absolute Gasteiger partial charge is 0.497 e. The van der Waals surface area contributed by atoms with Gasteiger partial charge in [-0.25, -0.2) is 9.97 Å². The van der Waals surface area contributed by atoms with E-state index >= 15 is 0 Å². The molecule has 2 heterocycles. The summed E-state index contributed by atoms with van der Waals surface area (Å²) in [6.07, 6.45) is 0. The summed E-state index contributed by atoms with van der Waals surface area (Å²) >= 11 is 0. The van der Waals surface area contributed by atoms with Crippen LogP contribution >= 0.6 is 0 Å². The van der Waals surface area contributed by atoms with Gasteiger partial charge in [-0.1, -0.05) is 0 Å². The summed E-state index contributed by atoms with van der Waals surface area (Å²) in [6, 6.07) is 9.79. The van der Waals surface area contributed by atoms with Gasteiger partial charge in [-0.3, -0.25) is 0 Å². The van der Waals surface area contributed by atoms with Gasteiger partial charge in [-0.05, 0) is 44.2 Å². The lowest BCUT2D eigenvalue weighted by Gasteiger charge is -2.08. The number of aromatic nitrogens is 3. The third kappa shape index (κ3) is 2.30. The Morgan fingerprint density at radius 1 is 1.10 bits per heavy atom. The minimum absolute atomic E-state index is 0.732. The molecular weight excluding hydrogens is 252 g/mol. The smallest absolute Gasteiger partial charge is 0.143 e. The molecule has 5 nitrogen and oxygen atoms in total. The highest BCUT2D eigenvalue weighted by molar-refractivity contribution is 5.89. The molecule has 0 aliphatic carbocycles. The monoisotopic (exact) mass is 268 g/mol. The van der Waals surface area contributed by atoms with Crippen molar-refractivity contribution in [1.29, 1.82) is 0 Å². The average molecular weight is 268 g/mol. The predicted molar refractivity (Wildman–Crippen MR) is 79.6 cm³/mol. The van der Waals surface area contributed by atoms with Crippen molar-refractivity contribution in [3.05, 3.63) is 41.9 Å². The van der Waals surface area contributed by atoms with E-state index in [4.69, 9.17) is 4.74 Å². The highest BCUT2D eigenvalue weighted by Crippen LogP contribution is 2.25. The van der Waals surface area contributed by atoms with Gasteiger partial charge in [0.15, 0.2) is 0 Å². The van der Waals surface area contributed by atoms with Crippen molar-refractivity contribution in [3.63, 3.8) is 0 Å². The molecule has 20 heavy (non-hydrogen) atoms. The number of rotatable bonds is 3. The van der Waals surface area contributed by atoms with Crippen molar-refractivity contribution in [2.75, 3.05) is 12.4 Å². The second-order valence-corrected chi connectivity index (χ2v) is 4.69. The van der Waals surface area contributed by atoms with E-state index in [0.717, 1.165) is 39.8 Å². The Morgan fingerprint density at radius 3 is 2.55 bits per heavy atom. The maximum atomic E-state index is 5.15. The van der Waals surface area contributed by atoms with Gasteiger partial charge in [0.1, 0.15) is 23.0 Å². The molecule has 0 spiro atoms. The molecule has 2 aromatic heterocycles. The first kappa shape index (κ1) is 12.5. The van der Waals surface area contributed by atoms with Gasteiger partial charge < -0.3 is 15.0 Å². The summed E-state index contributed by atoms with van der Waals surface area (Å²) in [5.41, 5.74) is 2.88. The van der Waals surface area contributed by atoms with Crippen molar-refractivity contribution < 1.29 is 4.74 Å². The molecule has 3 rings (SSSR count). The number of anilines is 2. The number of H-pyrrole nitrogens is 1. The number of fused-ring (bicyclic) bond motifs is 1. The maximum absolute atomic E-state index is 5.15. The lowest BCUT2D eigenvalue weighted by molar-refractivity contribution is 0.415. The van der Waals surface area contributed by atoms with Crippen LogP contribution in [0.15, 0.2) is 30.3 Å². The van der Waals surface area contributed by atoms with Crippen molar-refractivity contribution >= 4 is 22.5 Å². The SMILES string of the molecule is COc1ccc(Nc2nc(C)nc3[nH]c(C)cc23)cc1. The zero-order valence-electron chi connectivity index (χ0n) is 11.7. The topological polar surface area (TPSA) is 62.8 Å². The lowest BCUT2D eigenvalue weighted by Crippen LogP contribution is -1.98. The van der Waals surface area contributed by atoms with E-state index in [1.807, 2.05) is 44.2 Å². The van der Waals surface area contributed by atoms with E-state index in [1.165, 1.54) is 0 Å². The molecule has 0 bridgehead atoms. The molecule has 0 aliphatic rings. The number of hydrogen-bond donors (Lipinski definition) is 2. The molecule has 0 atom stereocenters. The van der Waals surface area contributed by atoms with Crippen molar-refractivity contribution in [1.82, 2.24) is 15.0 Å². The lowest BCUT2D eigenvalue weighted by atomic mass is 10.3. The molecule has 0 saturated heterocycles. The summed E-state index contributed by atoms with van der Waals surface area (Å²) < 4.78 is 5.15. The number of benzene rings is 1. The number of ether oxygens (including phenoxy) is 1. The van der Waals surface area contributed by atoms with Crippen LogP contribution in [0.5, 0.6) is 5.75 Å². The molecule has 0 radical (unpaired) electrons. The van der Waals surface area contributed by atoms with E-state index < -0.39 is 0 Å². The minimum atomic E-state index is 0.732. The van der Waals surface area contributed by atoms with Crippen LogP contribution in [0.2, 0.25) is 0 Å². The first-order chi connectivity index (χ1) is 9.65. The van der Waals surface area contributed by atoms with Gasteiger partial charge >= 0.3 is 0 Å². The second-order valence-electron chi connectivity index (χ2n) is 4.69. The van der Waals surface area contributed by atoms with Crippen LogP contribution in [0.25, 0.3) is 11.0 Å². The molecule has 5 heteroatoms. The third-order valence-corrected chi connectivity index (χ3v) is 3.09. The summed E-state index contributed by atoms with van der Waals surface area (Å²) in [5.74, 6) is 2.37. The first-order valence-corrected chi connectivity index (χ1v) is 6.41. The molecule has 0 unspecified atom stereocenters. The first-order valence-electron chi connectivity index (χ1n) is 6.41. The Bertz CT molecular complexity index is 746. The van der Waals surface area contributed by atoms with Crippen LogP contribution in [-0.4, -0.2) is 22.1 Å². The highest BCUT2D eigenvalue weighted by Gasteiger charge is 2.08. The molecule has 2 N–H and O–H groups in total. The number of hydrogen-bond acceptors (Lipinski definition) is 4. The van der Waals surface area contributed by atoms with Crippen molar-refractivity contribution in [3.8, 4) is 5.75 Å². The van der Waals surface area contributed by atoms with Crippen LogP contribution in [0.4, 0.5) is 11.5 Å². The fourth-order valence-corrected chi connectivity index (χ4v) is 2.16. The van der Waals surface area contributed by atoms with Crippen LogP contribution in [0, 0.1) is 13.8 Å². The van der Waals surface area contributed by atoms with E-state index in [1.54, 1.807) is 7.11 Å². The standard InChI is InChI=1S/C15H16N4O/c1-9-8-13-14(16-9)17-10(2)18-15(13)19-11-4-6-12(20-3)7-5-11/h4-8H,1-3H3,(H2,16,17,18,19). The fourth-order valence-electron chi connectivity index (χ4n) is 2.16. The van der Waals surface area contributed by atoms with Crippen LogP contribution in [0.1, 0.15) is 11.5 Å². The van der Waals surface area contributed by atoms with Gasteiger partial charge in [0, 0.05) is 11.4 Å². The second kappa shape index (κ2) is 4.85. The predicted octanol–water partition coefficient (Wildman–Crippen LogP) is 3.33. The van der Waals surface area contributed by atoms with E-state index in [9.17, 15) is 0 Å². The fraction of sp³-hybridized carbons (Fsp3) is 0.200. The molecule has 1 aromatic carbocycles. The number of aryl methyl sites for hydroxylation is 2. The molecule has 0 amide bonds.